The van der Waals surface area contributed by atoms with E-state index in [0.717, 1.165) is 33.5 Å². The smallest absolute Gasteiger partial charge is 0.319 e. The number of aldehydes is 1. The highest BCUT2D eigenvalue weighted by Gasteiger charge is 2.28. The van der Waals surface area contributed by atoms with Crippen LogP contribution in [0.3, 0.4) is 0 Å². The number of carbonyl (C=O) groups excluding carboxylic acids is 3. The van der Waals surface area contributed by atoms with Crippen molar-refractivity contribution < 1.29 is 14.4 Å². The van der Waals surface area contributed by atoms with Gasteiger partial charge in [0.2, 0.25) is 5.91 Å². The number of urea groups is 1. The van der Waals surface area contributed by atoms with Gasteiger partial charge in [-0.1, -0.05) is 74.9 Å². The quantitative estimate of drug-likeness (QED) is 0.265. The topological polar surface area (TPSA) is 103 Å². The van der Waals surface area contributed by atoms with Crippen molar-refractivity contribution in [2.45, 2.75) is 38.8 Å². The molecule has 0 unspecified atom stereocenters. The van der Waals surface area contributed by atoms with Gasteiger partial charge in [-0.25, -0.2) is 4.79 Å². The average Bonchev–Trinajstić information content (AvgIpc) is 3.29. The van der Waals surface area contributed by atoms with Gasteiger partial charge < -0.3 is 25.7 Å². The minimum atomic E-state index is -0.791. The van der Waals surface area contributed by atoms with Gasteiger partial charge >= 0.3 is 6.03 Å². The second-order valence-electron chi connectivity index (χ2n) is 8.80. The lowest BCUT2D eigenvalue weighted by molar-refractivity contribution is -0.126. The summed E-state index contributed by atoms with van der Waals surface area (Å²) >= 11 is 0. The Morgan fingerprint density at radius 1 is 0.943 bits per heavy atom. The molecule has 0 aliphatic rings. The Kier molecular flexibility index (Phi) is 7.45. The second kappa shape index (κ2) is 10.9. The summed E-state index contributed by atoms with van der Waals surface area (Å²) in [4.78, 5) is 41.1. The molecule has 180 valence electrons. The molecular formula is C28H30N4O3. The van der Waals surface area contributed by atoms with Gasteiger partial charge in [0.15, 0.2) is 0 Å². The van der Waals surface area contributed by atoms with E-state index in [1.807, 2.05) is 86.8 Å². The van der Waals surface area contributed by atoms with Crippen LogP contribution in [0.2, 0.25) is 0 Å². The van der Waals surface area contributed by atoms with Crippen LogP contribution < -0.4 is 16.0 Å². The number of hydrogen-bond acceptors (Lipinski definition) is 3. The first-order valence-corrected chi connectivity index (χ1v) is 11.9. The zero-order chi connectivity index (χ0) is 24.8. The maximum atomic E-state index is 13.2. The Labute approximate surface area is 204 Å². The van der Waals surface area contributed by atoms with Crippen LogP contribution in [-0.4, -0.2) is 35.3 Å². The van der Waals surface area contributed by atoms with Gasteiger partial charge in [-0.3, -0.25) is 4.79 Å². The van der Waals surface area contributed by atoms with Crippen molar-refractivity contribution in [1.29, 1.82) is 0 Å². The van der Waals surface area contributed by atoms with Crippen LogP contribution in [0.4, 0.5) is 10.5 Å². The molecule has 0 aliphatic carbocycles. The van der Waals surface area contributed by atoms with Gasteiger partial charge in [-0.2, -0.15) is 0 Å². The van der Waals surface area contributed by atoms with E-state index in [4.69, 9.17) is 0 Å². The van der Waals surface area contributed by atoms with E-state index >= 15 is 0 Å². The molecule has 3 amide bonds. The first-order valence-electron chi connectivity index (χ1n) is 11.9. The van der Waals surface area contributed by atoms with Crippen molar-refractivity contribution in [3.05, 3.63) is 78.5 Å². The van der Waals surface area contributed by atoms with E-state index in [1.54, 1.807) is 0 Å². The third-order valence-corrected chi connectivity index (χ3v) is 6.43. The standard InChI is InChI=1S/C28H30N4O3/c1-3-18(2)26(32-28(35)31-25-14-8-10-19-9-4-5-11-22(19)25)27(34)30-21(17-33)15-20-16-29-24-13-7-6-12-23(20)24/h4-14,16-18,21,26,29H,3,15H2,1-2H3,(H,30,34)(H2,31,32,35)/t18-,21-,26+/m1/s1. The monoisotopic (exact) mass is 470 g/mol. The van der Waals surface area contributed by atoms with Crippen LogP contribution in [0.25, 0.3) is 21.7 Å². The Morgan fingerprint density at radius 3 is 2.43 bits per heavy atom. The van der Waals surface area contributed by atoms with Crippen LogP contribution in [0.15, 0.2) is 72.9 Å². The van der Waals surface area contributed by atoms with E-state index < -0.39 is 18.1 Å². The zero-order valence-corrected chi connectivity index (χ0v) is 19.9. The molecule has 1 aromatic heterocycles. The number of fused-ring (bicyclic) bond motifs is 2. The van der Waals surface area contributed by atoms with Crippen molar-refractivity contribution >= 4 is 45.6 Å². The largest absolute Gasteiger partial charge is 0.361 e. The minimum Gasteiger partial charge on any atom is -0.361 e. The van der Waals surface area contributed by atoms with Crippen LogP contribution in [0.1, 0.15) is 25.8 Å². The number of aromatic amines is 1. The van der Waals surface area contributed by atoms with Crippen LogP contribution in [0.5, 0.6) is 0 Å². The Balaban J connectivity index is 1.45. The number of benzene rings is 3. The maximum Gasteiger partial charge on any atom is 0.319 e. The molecule has 4 aromatic rings. The molecule has 4 rings (SSSR count). The molecular weight excluding hydrogens is 440 g/mol. The number of rotatable bonds is 9. The molecule has 7 nitrogen and oxygen atoms in total. The zero-order valence-electron chi connectivity index (χ0n) is 19.9. The lowest BCUT2D eigenvalue weighted by atomic mass is 9.97. The lowest BCUT2D eigenvalue weighted by Crippen LogP contribution is -2.54. The number of H-pyrrole nitrogens is 1. The normalized spacial score (nSPS) is 13.7. The van der Waals surface area contributed by atoms with Gasteiger partial charge in [-0.15, -0.1) is 0 Å². The van der Waals surface area contributed by atoms with E-state index in [-0.39, 0.29) is 11.8 Å². The molecule has 3 atom stereocenters. The van der Waals surface area contributed by atoms with Gasteiger partial charge in [0.25, 0.3) is 0 Å². The van der Waals surface area contributed by atoms with Gasteiger partial charge in [0.05, 0.1) is 11.7 Å². The summed E-state index contributed by atoms with van der Waals surface area (Å²) in [5, 5.41) is 11.4. The molecule has 0 bridgehead atoms. The first kappa shape index (κ1) is 24.0. The molecule has 3 aromatic carbocycles. The number of nitrogens with one attached hydrogen (secondary N) is 4. The van der Waals surface area contributed by atoms with Crippen LogP contribution >= 0.6 is 0 Å². The molecule has 1 heterocycles. The molecule has 4 N–H and O–H groups in total. The molecule has 0 radical (unpaired) electrons. The summed E-state index contributed by atoms with van der Waals surface area (Å²) in [7, 11) is 0. The third kappa shape index (κ3) is 5.51. The molecule has 0 fully saturated rings. The van der Waals surface area contributed by atoms with E-state index in [1.165, 1.54) is 0 Å². The summed E-state index contributed by atoms with van der Waals surface area (Å²) in [6.45, 7) is 3.86. The molecule has 0 saturated heterocycles. The number of amides is 3. The van der Waals surface area contributed by atoms with Gasteiger partial charge in [0.1, 0.15) is 12.3 Å². The molecule has 7 heteroatoms. The third-order valence-electron chi connectivity index (χ3n) is 6.43. The van der Waals surface area contributed by atoms with Crippen LogP contribution in [0, 0.1) is 5.92 Å². The predicted octanol–water partition coefficient (Wildman–Crippen LogP) is 4.78. The summed E-state index contributed by atoms with van der Waals surface area (Å²) < 4.78 is 0. The Hall–Kier alpha value is -4.13. The van der Waals surface area contributed by atoms with E-state index in [9.17, 15) is 14.4 Å². The number of hydrogen-bond donors (Lipinski definition) is 4. The van der Waals surface area contributed by atoms with Crippen molar-refractivity contribution in [1.82, 2.24) is 15.6 Å². The fourth-order valence-electron chi connectivity index (χ4n) is 4.28. The highest BCUT2D eigenvalue weighted by atomic mass is 16.2. The Morgan fingerprint density at radius 2 is 1.66 bits per heavy atom. The summed E-state index contributed by atoms with van der Waals surface area (Å²) in [5.74, 6) is -0.516. The predicted molar refractivity (Wildman–Crippen MR) is 139 cm³/mol. The van der Waals surface area contributed by atoms with E-state index in [0.29, 0.717) is 18.5 Å². The number of aromatic nitrogens is 1. The highest BCUT2D eigenvalue weighted by molar-refractivity contribution is 6.02. The van der Waals surface area contributed by atoms with Crippen molar-refractivity contribution in [3.8, 4) is 0 Å². The van der Waals surface area contributed by atoms with Gasteiger partial charge in [0, 0.05) is 28.9 Å². The van der Waals surface area contributed by atoms with E-state index in [2.05, 4.69) is 20.9 Å². The molecule has 35 heavy (non-hydrogen) atoms. The number of para-hydroxylation sites is 1. The van der Waals surface area contributed by atoms with Crippen molar-refractivity contribution in [2.75, 3.05) is 5.32 Å². The lowest BCUT2D eigenvalue weighted by Gasteiger charge is -2.25. The second-order valence-corrected chi connectivity index (χ2v) is 8.80. The van der Waals surface area contributed by atoms with Crippen molar-refractivity contribution in [2.24, 2.45) is 5.92 Å². The minimum absolute atomic E-state index is 0.131. The summed E-state index contributed by atoms with van der Waals surface area (Å²) in [6.07, 6.45) is 3.63. The number of anilines is 1. The van der Waals surface area contributed by atoms with Gasteiger partial charge in [-0.05, 0) is 29.0 Å². The SMILES string of the molecule is CC[C@@H](C)[C@H](NC(=O)Nc1cccc2ccccc12)C(=O)N[C@@H](C=O)Cc1c[nH]c2ccccc12. The summed E-state index contributed by atoms with van der Waals surface area (Å²) in [6, 6.07) is 19.3. The summed E-state index contributed by atoms with van der Waals surface area (Å²) in [5.41, 5.74) is 2.58. The van der Waals surface area contributed by atoms with Crippen molar-refractivity contribution in [3.63, 3.8) is 0 Å². The first-order chi connectivity index (χ1) is 17.0. The molecule has 0 spiro atoms. The fourth-order valence-corrected chi connectivity index (χ4v) is 4.28. The Bertz CT molecular complexity index is 1340. The molecule has 0 saturated carbocycles. The highest BCUT2D eigenvalue weighted by Crippen LogP contribution is 2.23. The fraction of sp³-hybridized carbons (Fsp3) is 0.250. The number of carbonyl (C=O) groups is 3. The van der Waals surface area contributed by atoms with Crippen LogP contribution in [-0.2, 0) is 16.0 Å². The maximum absolute atomic E-state index is 13.2. The average molecular weight is 471 g/mol. The molecule has 0 aliphatic heterocycles.